The molecule has 0 aliphatic rings. The first-order valence-electron chi connectivity index (χ1n) is 12.1. The van der Waals surface area contributed by atoms with Crippen molar-refractivity contribution in [3.63, 3.8) is 0 Å². The highest BCUT2D eigenvalue weighted by Gasteiger charge is 2.10. The molecule has 0 unspecified atom stereocenters. The molecule has 0 fully saturated rings. The number of hydrogen-bond donors (Lipinski definition) is 0. The Morgan fingerprint density at radius 1 is 1.00 bits per heavy atom. The number of carbonyl (C=O) groups excluding carboxylic acids is 1. The van der Waals surface area contributed by atoms with Crippen LogP contribution in [0.25, 0.3) is 17.2 Å². The van der Waals surface area contributed by atoms with Crippen LogP contribution < -0.4 is 0 Å². The van der Waals surface area contributed by atoms with E-state index in [2.05, 4.69) is 91.9 Å². The minimum Gasteiger partial charge on any atom is -0.463 e. The maximum absolute atomic E-state index is 12.5. The van der Waals surface area contributed by atoms with Crippen LogP contribution in [0.15, 0.2) is 83.1 Å². The van der Waals surface area contributed by atoms with Crippen LogP contribution in [-0.4, -0.2) is 12.6 Å². The van der Waals surface area contributed by atoms with Crippen LogP contribution in [-0.2, 0) is 22.4 Å². The summed E-state index contributed by atoms with van der Waals surface area (Å²) in [5.41, 5.74) is 6.69. The molecule has 0 aliphatic heterocycles. The van der Waals surface area contributed by atoms with Gasteiger partial charge in [0.05, 0.1) is 6.61 Å². The smallest absolute Gasteiger partial charge is 0.334 e. The van der Waals surface area contributed by atoms with E-state index in [1.54, 1.807) is 11.3 Å². The van der Waals surface area contributed by atoms with Gasteiger partial charge in [-0.05, 0) is 104 Å². The summed E-state index contributed by atoms with van der Waals surface area (Å²) in [4.78, 5) is 12.5. The average Bonchev–Trinajstić information content (AvgIpc) is 3.37. The summed E-state index contributed by atoms with van der Waals surface area (Å²) in [6.45, 7) is 8.41. The van der Waals surface area contributed by atoms with E-state index in [1.165, 1.54) is 22.3 Å². The van der Waals surface area contributed by atoms with Gasteiger partial charge >= 0.3 is 5.97 Å². The SMILES string of the molecule is CCOC(=O)/C(=C/c1cccc(CCc2cccc(-c3ccsc3)c2)c1)C/C=C/C#CC(C)(C)C. The highest BCUT2D eigenvalue weighted by Crippen LogP contribution is 2.24. The van der Waals surface area contributed by atoms with Crippen LogP contribution in [0.3, 0.4) is 0 Å². The Labute approximate surface area is 214 Å². The number of aryl methyl sites for hydroxylation is 2. The molecule has 180 valence electrons. The Morgan fingerprint density at radius 3 is 2.43 bits per heavy atom. The molecule has 0 saturated carbocycles. The fourth-order valence-electron chi connectivity index (χ4n) is 3.59. The highest BCUT2D eigenvalue weighted by atomic mass is 32.1. The van der Waals surface area contributed by atoms with Crippen molar-refractivity contribution in [2.75, 3.05) is 6.61 Å². The van der Waals surface area contributed by atoms with Crippen molar-refractivity contribution < 1.29 is 9.53 Å². The van der Waals surface area contributed by atoms with E-state index < -0.39 is 0 Å². The van der Waals surface area contributed by atoms with Crippen LogP contribution in [0, 0.1) is 17.3 Å². The number of thiophene rings is 1. The molecule has 0 radical (unpaired) electrons. The monoisotopic (exact) mass is 482 g/mol. The molecule has 3 rings (SSSR count). The summed E-state index contributed by atoms with van der Waals surface area (Å²) in [5, 5.41) is 4.29. The Kier molecular flexibility index (Phi) is 9.70. The van der Waals surface area contributed by atoms with Gasteiger partial charge in [0.2, 0.25) is 0 Å². The summed E-state index contributed by atoms with van der Waals surface area (Å²) < 4.78 is 5.29. The Morgan fingerprint density at radius 2 is 1.74 bits per heavy atom. The van der Waals surface area contributed by atoms with E-state index in [0.717, 1.165) is 18.4 Å². The number of rotatable bonds is 9. The Bertz CT molecular complexity index is 1230. The maximum atomic E-state index is 12.5. The Hall–Kier alpha value is -3.35. The molecule has 2 aromatic carbocycles. The lowest BCUT2D eigenvalue weighted by atomic mass is 9.98. The molecule has 2 nitrogen and oxygen atoms in total. The molecule has 0 aliphatic carbocycles. The summed E-state index contributed by atoms with van der Waals surface area (Å²) in [5.74, 6) is 5.95. The van der Waals surface area contributed by atoms with Gasteiger partial charge in [0.1, 0.15) is 0 Å². The predicted octanol–water partition coefficient (Wildman–Crippen LogP) is 8.14. The topological polar surface area (TPSA) is 26.3 Å². The second-order valence-electron chi connectivity index (χ2n) is 9.47. The van der Waals surface area contributed by atoms with Gasteiger partial charge in [-0.3, -0.25) is 0 Å². The first kappa shape index (κ1) is 26.3. The molecular formula is C32H34O2S. The lowest BCUT2D eigenvalue weighted by Gasteiger charge is -2.08. The van der Waals surface area contributed by atoms with E-state index >= 15 is 0 Å². The third kappa shape index (κ3) is 9.08. The largest absolute Gasteiger partial charge is 0.463 e. The first-order valence-corrected chi connectivity index (χ1v) is 13.0. The molecule has 35 heavy (non-hydrogen) atoms. The van der Waals surface area contributed by atoms with Crippen molar-refractivity contribution in [1.29, 1.82) is 0 Å². The molecule has 0 atom stereocenters. The molecule has 0 N–H and O–H groups in total. The molecule has 0 amide bonds. The number of benzene rings is 2. The lowest BCUT2D eigenvalue weighted by Crippen LogP contribution is -2.07. The molecule has 1 heterocycles. The standard InChI is InChI=1S/C32H34O2S/c1-5-34-31(33)29(14-7-6-8-19-32(2,3)4)23-27-13-9-11-25(21-27)16-17-26-12-10-15-28(22-26)30-18-20-35-24-30/h6-7,9-13,15,18,20-24H,5,14,16-17H2,1-4H3/b7-6+,29-23+. The van der Waals surface area contributed by atoms with Crippen molar-refractivity contribution in [2.45, 2.75) is 47.0 Å². The zero-order valence-electron chi connectivity index (χ0n) is 21.1. The third-order valence-corrected chi connectivity index (χ3v) is 5.98. The zero-order valence-corrected chi connectivity index (χ0v) is 22.0. The summed E-state index contributed by atoms with van der Waals surface area (Å²) in [6.07, 6.45) is 8.05. The van der Waals surface area contributed by atoms with E-state index in [0.29, 0.717) is 18.6 Å². The van der Waals surface area contributed by atoms with Crippen LogP contribution in [0.1, 0.15) is 50.8 Å². The zero-order chi connectivity index (χ0) is 25.1. The molecule has 0 bridgehead atoms. The van der Waals surface area contributed by atoms with E-state index in [1.807, 2.05) is 31.2 Å². The van der Waals surface area contributed by atoms with Crippen LogP contribution in [0.4, 0.5) is 0 Å². The molecule has 3 aromatic rings. The minimum atomic E-state index is -0.281. The quantitative estimate of drug-likeness (QED) is 0.175. The van der Waals surface area contributed by atoms with Crippen molar-refractivity contribution in [1.82, 2.24) is 0 Å². The maximum Gasteiger partial charge on any atom is 0.334 e. The normalized spacial score (nSPS) is 11.8. The van der Waals surface area contributed by atoms with E-state index in [9.17, 15) is 4.79 Å². The van der Waals surface area contributed by atoms with Gasteiger partial charge in [0.15, 0.2) is 0 Å². The van der Waals surface area contributed by atoms with Gasteiger partial charge in [0.25, 0.3) is 0 Å². The number of allylic oxidation sites excluding steroid dienone is 2. The van der Waals surface area contributed by atoms with Crippen LogP contribution >= 0.6 is 11.3 Å². The minimum absolute atomic E-state index is 0.0458. The fraction of sp³-hybridized carbons (Fsp3) is 0.281. The van der Waals surface area contributed by atoms with Crippen molar-refractivity contribution in [3.05, 3.63) is 99.8 Å². The Balaban J connectivity index is 1.71. The van der Waals surface area contributed by atoms with Crippen LogP contribution in [0.5, 0.6) is 0 Å². The lowest BCUT2D eigenvalue weighted by molar-refractivity contribution is -0.138. The van der Waals surface area contributed by atoms with Crippen molar-refractivity contribution in [3.8, 4) is 23.0 Å². The number of carbonyl (C=O) groups is 1. The summed E-state index contributed by atoms with van der Waals surface area (Å²) in [6, 6.07) is 19.3. The molecule has 1 aromatic heterocycles. The summed E-state index contributed by atoms with van der Waals surface area (Å²) >= 11 is 1.72. The predicted molar refractivity (Wildman–Crippen MR) is 149 cm³/mol. The molecule has 0 saturated heterocycles. The summed E-state index contributed by atoms with van der Waals surface area (Å²) in [7, 11) is 0. The number of ether oxygens (including phenoxy) is 1. The third-order valence-electron chi connectivity index (χ3n) is 5.30. The van der Waals surface area contributed by atoms with Crippen molar-refractivity contribution in [2.24, 2.45) is 5.41 Å². The number of esters is 1. The highest BCUT2D eigenvalue weighted by molar-refractivity contribution is 7.08. The van der Waals surface area contributed by atoms with Gasteiger partial charge < -0.3 is 4.74 Å². The van der Waals surface area contributed by atoms with Gasteiger partial charge in [-0.15, -0.1) is 0 Å². The second kappa shape index (κ2) is 12.9. The molecular weight excluding hydrogens is 448 g/mol. The fourth-order valence-corrected chi connectivity index (χ4v) is 4.26. The van der Waals surface area contributed by atoms with Gasteiger partial charge in [-0.25, -0.2) is 4.79 Å². The van der Waals surface area contributed by atoms with Crippen LogP contribution in [0.2, 0.25) is 0 Å². The van der Waals surface area contributed by atoms with Crippen molar-refractivity contribution >= 4 is 23.4 Å². The first-order chi connectivity index (χ1) is 16.8. The van der Waals surface area contributed by atoms with E-state index in [4.69, 9.17) is 4.74 Å². The average molecular weight is 483 g/mol. The second-order valence-corrected chi connectivity index (χ2v) is 10.3. The van der Waals surface area contributed by atoms with E-state index in [-0.39, 0.29) is 11.4 Å². The molecule has 0 spiro atoms. The molecule has 3 heteroatoms. The van der Waals surface area contributed by atoms with Gasteiger partial charge in [-0.1, -0.05) is 66.4 Å². The van der Waals surface area contributed by atoms with Gasteiger partial charge in [0, 0.05) is 11.0 Å². The number of hydrogen-bond acceptors (Lipinski definition) is 3. The van der Waals surface area contributed by atoms with Gasteiger partial charge in [-0.2, -0.15) is 11.3 Å².